The largest absolute Gasteiger partial charge is 0.446 e. The molecule has 0 aliphatic rings. The predicted molar refractivity (Wildman–Crippen MR) is 48.6 cm³/mol. The van der Waals surface area contributed by atoms with Gasteiger partial charge in [-0.15, -0.1) is 0 Å². The molecule has 0 aliphatic heterocycles. The number of nitrogens with one attached hydrogen (secondary N) is 1. The highest BCUT2D eigenvalue weighted by atomic mass is 16.6. The maximum Gasteiger partial charge on any atom is 0.411 e. The molecule has 1 amide bonds. The normalized spacial score (nSPS) is 9.21. The number of nitro benzene ring substituents is 1. The van der Waals surface area contributed by atoms with Gasteiger partial charge in [-0.1, -0.05) is 6.07 Å². The molecule has 0 saturated heterocycles. The summed E-state index contributed by atoms with van der Waals surface area (Å²) < 4.78 is 4.08. The molecular formula is C8H7N2O4. The highest BCUT2D eigenvalue weighted by molar-refractivity contribution is 5.85. The number of hydrogen-bond acceptors (Lipinski definition) is 4. The second-order valence-corrected chi connectivity index (χ2v) is 2.36. The van der Waals surface area contributed by atoms with Gasteiger partial charge in [-0.2, -0.15) is 0 Å². The minimum atomic E-state index is -0.773. The van der Waals surface area contributed by atoms with Crippen molar-refractivity contribution in [2.75, 3.05) is 5.32 Å². The number of rotatable bonds is 2. The van der Waals surface area contributed by atoms with Crippen molar-refractivity contribution in [3.8, 4) is 0 Å². The van der Waals surface area contributed by atoms with Crippen LogP contribution < -0.4 is 5.32 Å². The Morgan fingerprint density at radius 2 is 2.29 bits per heavy atom. The first-order valence-corrected chi connectivity index (χ1v) is 3.61. The average molecular weight is 195 g/mol. The summed E-state index contributed by atoms with van der Waals surface area (Å²) in [5, 5.41) is 12.6. The molecule has 1 aromatic carbocycles. The van der Waals surface area contributed by atoms with Crippen molar-refractivity contribution in [1.29, 1.82) is 0 Å². The Morgan fingerprint density at radius 1 is 1.57 bits per heavy atom. The maximum atomic E-state index is 10.7. The van der Waals surface area contributed by atoms with E-state index in [2.05, 4.69) is 17.2 Å². The van der Waals surface area contributed by atoms with Gasteiger partial charge in [0.05, 0.1) is 10.6 Å². The Balaban J connectivity index is 2.83. The van der Waals surface area contributed by atoms with Crippen LogP contribution in [0.1, 0.15) is 0 Å². The zero-order chi connectivity index (χ0) is 10.6. The van der Waals surface area contributed by atoms with E-state index in [0.717, 1.165) is 0 Å². The van der Waals surface area contributed by atoms with Crippen molar-refractivity contribution >= 4 is 17.5 Å². The SMILES string of the molecule is [CH2]OC(=O)Nc1cccc([N+](=O)[O-])c1. The highest BCUT2D eigenvalue weighted by Crippen LogP contribution is 2.16. The van der Waals surface area contributed by atoms with E-state index < -0.39 is 11.0 Å². The summed E-state index contributed by atoms with van der Waals surface area (Å²) in [5.74, 6) is 0. The van der Waals surface area contributed by atoms with E-state index >= 15 is 0 Å². The molecule has 6 nitrogen and oxygen atoms in total. The van der Waals surface area contributed by atoms with Crippen LogP contribution in [0.4, 0.5) is 16.2 Å². The van der Waals surface area contributed by atoms with Crippen LogP contribution in [0.15, 0.2) is 24.3 Å². The van der Waals surface area contributed by atoms with Gasteiger partial charge in [-0.25, -0.2) is 4.79 Å². The standard InChI is InChI=1S/C8H7N2O4/c1-14-8(11)9-6-3-2-4-7(5-6)10(12)13/h2-5H,1H2,(H,9,11). The molecule has 0 aromatic heterocycles. The molecule has 6 heteroatoms. The first kappa shape index (κ1) is 9.97. The highest BCUT2D eigenvalue weighted by Gasteiger charge is 2.07. The van der Waals surface area contributed by atoms with Crippen molar-refractivity contribution < 1.29 is 14.5 Å². The molecule has 0 unspecified atom stereocenters. The van der Waals surface area contributed by atoms with Crippen LogP contribution in [0.2, 0.25) is 0 Å². The number of anilines is 1. The van der Waals surface area contributed by atoms with E-state index in [1.54, 1.807) is 0 Å². The first-order valence-electron chi connectivity index (χ1n) is 3.61. The van der Waals surface area contributed by atoms with E-state index in [1.807, 2.05) is 0 Å². The quantitative estimate of drug-likeness (QED) is 0.577. The third kappa shape index (κ3) is 2.44. The van der Waals surface area contributed by atoms with Gasteiger partial charge in [-0.05, 0) is 6.07 Å². The molecule has 0 fully saturated rings. The minimum Gasteiger partial charge on any atom is -0.446 e. The van der Waals surface area contributed by atoms with Gasteiger partial charge < -0.3 is 4.74 Å². The van der Waals surface area contributed by atoms with Crippen molar-refractivity contribution in [3.05, 3.63) is 41.5 Å². The molecule has 0 bridgehead atoms. The fourth-order valence-electron chi connectivity index (χ4n) is 0.851. The fourth-order valence-corrected chi connectivity index (χ4v) is 0.851. The number of nitro groups is 1. The summed E-state index contributed by atoms with van der Waals surface area (Å²) in [7, 11) is 2.89. The van der Waals surface area contributed by atoms with Crippen LogP contribution in [-0.2, 0) is 4.74 Å². The molecule has 1 aromatic rings. The van der Waals surface area contributed by atoms with Gasteiger partial charge in [0.25, 0.3) is 5.69 Å². The number of carbonyl (C=O) groups is 1. The Morgan fingerprint density at radius 3 is 2.86 bits per heavy atom. The molecule has 14 heavy (non-hydrogen) atoms. The molecule has 0 heterocycles. The Hall–Kier alpha value is -2.11. The van der Waals surface area contributed by atoms with E-state index in [0.29, 0.717) is 0 Å². The zero-order valence-corrected chi connectivity index (χ0v) is 7.10. The Kier molecular flexibility index (Phi) is 3.01. The van der Waals surface area contributed by atoms with Crippen LogP contribution in [0.25, 0.3) is 0 Å². The average Bonchev–Trinajstić information content (AvgIpc) is 2.18. The predicted octanol–water partition coefficient (Wildman–Crippen LogP) is 1.93. The molecule has 0 atom stereocenters. The van der Waals surface area contributed by atoms with Crippen molar-refractivity contribution in [2.24, 2.45) is 0 Å². The number of hydrogen-bond donors (Lipinski definition) is 1. The lowest BCUT2D eigenvalue weighted by Crippen LogP contribution is -2.09. The Labute approximate surface area is 79.6 Å². The molecule has 1 radical (unpaired) electrons. The van der Waals surface area contributed by atoms with Crippen LogP contribution in [-0.4, -0.2) is 11.0 Å². The lowest BCUT2D eigenvalue weighted by Gasteiger charge is -2.01. The fraction of sp³-hybridized carbons (Fsp3) is 0. The van der Waals surface area contributed by atoms with Crippen LogP contribution >= 0.6 is 0 Å². The van der Waals surface area contributed by atoms with E-state index in [4.69, 9.17) is 0 Å². The molecule has 1 N–H and O–H groups in total. The third-order valence-corrected chi connectivity index (χ3v) is 1.43. The lowest BCUT2D eigenvalue weighted by molar-refractivity contribution is -0.384. The van der Waals surface area contributed by atoms with Gasteiger partial charge >= 0.3 is 6.09 Å². The second-order valence-electron chi connectivity index (χ2n) is 2.36. The van der Waals surface area contributed by atoms with E-state index in [1.165, 1.54) is 24.3 Å². The van der Waals surface area contributed by atoms with Crippen molar-refractivity contribution in [3.63, 3.8) is 0 Å². The minimum absolute atomic E-state index is 0.105. The lowest BCUT2D eigenvalue weighted by atomic mass is 10.3. The molecular weight excluding hydrogens is 188 g/mol. The molecule has 0 spiro atoms. The number of non-ortho nitro benzene ring substituents is 1. The number of carbonyl (C=O) groups excluding carboxylic acids is 1. The number of benzene rings is 1. The van der Waals surface area contributed by atoms with E-state index in [9.17, 15) is 14.9 Å². The van der Waals surface area contributed by atoms with Crippen LogP contribution in [0, 0.1) is 17.2 Å². The monoisotopic (exact) mass is 195 g/mol. The number of ether oxygens (including phenoxy) is 1. The summed E-state index contributed by atoms with van der Waals surface area (Å²) >= 11 is 0. The smallest absolute Gasteiger partial charge is 0.411 e. The van der Waals surface area contributed by atoms with Gasteiger partial charge in [0.2, 0.25) is 0 Å². The summed E-state index contributed by atoms with van der Waals surface area (Å²) in [6, 6.07) is 5.50. The van der Waals surface area contributed by atoms with Crippen molar-refractivity contribution in [2.45, 2.75) is 0 Å². The van der Waals surface area contributed by atoms with Gasteiger partial charge in [-0.3, -0.25) is 15.4 Å². The van der Waals surface area contributed by atoms with Gasteiger partial charge in [0, 0.05) is 12.1 Å². The maximum absolute atomic E-state index is 10.7. The topological polar surface area (TPSA) is 81.5 Å². The van der Waals surface area contributed by atoms with Crippen molar-refractivity contribution in [1.82, 2.24) is 0 Å². The summed E-state index contributed by atoms with van der Waals surface area (Å²) in [5.41, 5.74) is 0.180. The number of amides is 1. The summed E-state index contributed by atoms with van der Waals surface area (Å²) in [6.45, 7) is 0. The number of nitrogens with zero attached hydrogens (tertiary/aromatic N) is 1. The van der Waals surface area contributed by atoms with Gasteiger partial charge in [0.15, 0.2) is 0 Å². The second kappa shape index (κ2) is 4.22. The third-order valence-electron chi connectivity index (χ3n) is 1.43. The zero-order valence-electron chi connectivity index (χ0n) is 7.10. The van der Waals surface area contributed by atoms with Crippen LogP contribution in [0.3, 0.4) is 0 Å². The molecule has 1 rings (SSSR count). The molecule has 0 saturated carbocycles. The van der Waals surface area contributed by atoms with Gasteiger partial charge in [0.1, 0.15) is 7.11 Å². The molecule has 0 aliphatic carbocycles. The summed E-state index contributed by atoms with van der Waals surface area (Å²) in [4.78, 5) is 20.5. The summed E-state index contributed by atoms with van der Waals surface area (Å²) in [6.07, 6.45) is -0.773. The van der Waals surface area contributed by atoms with Crippen LogP contribution in [0.5, 0.6) is 0 Å². The molecule has 73 valence electrons. The Bertz CT molecular complexity index is 364. The first-order chi connectivity index (χ1) is 6.63. The van der Waals surface area contributed by atoms with E-state index in [-0.39, 0.29) is 11.4 Å².